The molecule has 1 aromatic carbocycles. The zero-order valence-corrected chi connectivity index (χ0v) is 15.9. The van der Waals surface area contributed by atoms with Crippen LogP contribution >= 0.6 is 0 Å². The van der Waals surface area contributed by atoms with Crippen LogP contribution in [0.1, 0.15) is 6.42 Å². The lowest BCUT2D eigenvalue weighted by molar-refractivity contribution is 0.144. The number of hydrogen-bond donors (Lipinski definition) is 2. The summed E-state index contributed by atoms with van der Waals surface area (Å²) in [5, 5.41) is 11.3. The van der Waals surface area contributed by atoms with E-state index in [2.05, 4.69) is 9.97 Å². The molecule has 0 spiro atoms. The molecule has 1 aliphatic heterocycles. The molecule has 28 heavy (non-hydrogen) atoms. The molecule has 3 N–H and O–H groups in total. The molecule has 0 aliphatic carbocycles. The zero-order valence-electron chi connectivity index (χ0n) is 15.9. The highest BCUT2D eigenvalue weighted by atomic mass is 16.5. The molecular weight excluding hydrogens is 362 g/mol. The highest BCUT2D eigenvalue weighted by Crippen LogP contribution is 2.36. The fourth-order valence-electron chi connectivity index (χ4n) is 3.36. The van der Waals surface area contributed by atoms with Crippen molar-refractivity contribution < 1.29 is 19.3 Å². The second kappa shape index (κ2) is 7.61. The van der Waals surface area contributed by atoms with Crippen LogP contribution in [-0.2, 0) is 4.74 Å². The number of anilines is 2. The summed E-state index contributed by atoms with van der Waals surface area (Å²) in [6, 6.07) is 3.67. The number of nitrogen functional groups attached to an aromatic ring is 1. The van der Waals surface area contributed by atoms with Gasteiger partial charge in [-0.15, -0.1) is 0 Å². The molecule has 148 valence electrons. The van der Waals surface area contributed by atoms with E-state index in [-0.39, 0.29) is 6.10 Å². The number of aliphatic hydroxyl groups is 1. The summed E-state index contributed by atoms with van der Waals surface area (Å²) in [7, 11) is 3.21. The number of fused-ring (bicyclic) bond motifs is 3. The fraction of sp³-hybridized carbons (Fsp3) is 0.421. The molecule has 1 fully saturated rings. The third-order valence-corrected chi connectivity index (χ3v) is 4.82. The lowest BCUT2D eigenvalue weighted by Gasteiger charge is -2.17. The van der Waals surface area contributed by atoms with Crippen molar-refractivity contribution in [3.05, 3.63) is 18.3 Å². The quantitative estimate of drug-likeness (QED) is 0.479. The van der Waals surface area contributed by atoms with Gasteiger partial charge in [-0.05, 0) is 12.5 Å². The average Bonchev–Trinajstić information content (AvgIpc) is 3.13. The highest BCUT2D eigenvalue weighted by Gasteiger charge is 2.24. The molecular formula is C19H23N5O4. The number of aliphatic hydroxyl groups excluding tert-OH is 1. The van der Waals surface area contributed by atoms with Crippen LogP contribution in [0.15, 0.2) is 18.3 Å². The smallest absolute Gasteiger partial charge is 0.227 e. The summed E-state index contributed by atoms with van der Waals surface area (Å²) in [4.78, 5) is 15.6. The van der Waals surface area contributed by atoms with Gasteiger partial charge in [0.15, 0.2) is 11.5 Å². The van der Waals surface area contributed by atoms with Gasteiger partial charge in [-0.2, -0.15) is 4.98 Å². The number of benzene rings is 1. The van der Waals surface area contributed by atoms with E-state index >= 15 is 0 Å². The normalized spacial score (nSPS) is 16.8. The Labute approximate surface area is 162 Å². The second-order valence-electron chi connectivity index (χ2n) is 6.68. The topological polar surface area (TPSA) is 116 Å². The minimum Gasteiger partial charge on any atom is -0.493 e. The monoisotopic (exact) mass is 385 g/mol. The van der Waals surface area contributed by atoms with Crippen LogP contribution < -0.4 is 20.1 Å². The van der Waals surface area contributed by atoms with E-state index in [1.54, 1.807) is 20.4 Å². The van der Waals surface area contributed by atoms with E-state index in [4.69, 9.17) is 24.9 Å². The Morgan fingerprint density at radius 1 is 1.18 bits per heavy atom. The van der Waals surface area contributed by atoms with Gasteiger partial charge in [-0.1, -0.05) is 0 Å². The van der Waals surface area contributed by atoms with Crippen molar-refractivity contribution in [3.63, 3.8) is 0 Å². The van der Waals surface area contributed by atoms with Gasteiger partial charge in [0.1, 0.15) is 12.4 Å². The van der Waals surface area contributed by atoms with Gasteiger partial charge in [0.2, 0.25) is 5.95 Å². The van der Waals surface area contributed by atoms with E-state index in [0.717, 1.165) is 5.39 Å². The molecule has 1 aliphatic rings. The minimum absolute atomic E-state index is 0.357. The summed E-state index contributed by atoms with van der Waals surface area (Å²) < 4.78 is 16.3. The second-order valence-corrected chi connectivity index (χ2v) is 6.68. The van der Waals surface area contributed by atoms with Gasteiger partial charge in [-0.25, -0.2) is 4.98 Å². The first-order valence-electron chi connectivity index (χ1n) is 9.09. The number of aromatic nitrogens is 3. The van der Waals surface area contributed by atoms with Crippen molar-refractivity contribution in [2.24, 2.45) is 0 Å². The van der Waals surface area contributed by atoms with Crippen LogP contribution in [0.4, 0.5) is 11.8 Å². The number of pyridine rings is 1. The van der Waals surface area contributed by atoms with Crippen LogP contribution in [0.2, 0.25) is 0 Å². The van der Waals surface area contributed by atoms with E-state index in [9.17, 15) is 5.11 Å². The van der Waals surface area contributed by atoms with Crippen molar-refractivity contribution in [1.82, 2.24) is 15.0 Å². The van der Waals surface area contributed by atoms with Gasteiger partial charge >= 0.3 is 0 Å². The van der Waals surface area contributed by atoms with E-state index in [1.807, 2.05) is 17.0 Å². The predicted molar refractivity (Wildman–Crippen MR) is 106 cm³/mol. The Morgan fingerprint density at radius 3 is 2.75 bits per heavy atom. The number of β-amino-alcohol motifs (C(OH)–C–C–N with tert-alkyl or cyclic N) is 1. The lowest BCUT2D eigenvalue weighted by atomic mass is 10.1. The highest BCUT2D eigenvalue weighted by molar-refractivity contribution is 6.07. The summed E-state index contributed by atoms with van der Waals surface area (Å²) >= 11 is 0. The first-order chi connectivity index (χ1) is 13.6. The van der Waals surface area contributed by atoms with Gasteiger partial charge < -0.3 is 30.0 Å². The summed E-state index contributed by atoms with van der Waals surface area (Å²) in [6.45, 7) is 2.06. The molecule has 4 rings (SSSR count). The van der Waals surface area contributed by atoms with E-state index < -0.39 is 0 Å². The van der Waals surface area contributed by atoms with Gasteiger partial charge in [0.05, 0.1) is 36.2 Å². The van der Waals surface area contributed by atoms with Gasteiger partial charge in [0.25, 0.3) is 0 Å². The molecule has 9 heteroatoms. The lowest BCUT2D eigenvalue weighted by Crippen LogP contribution is -2.23. The van der Waals surface area contributed by atoms with Crippen molar-refractivity contribution in [2.45, 2.75) is 12.5 Å². The Bertz CT molecular complexity index is 1010. The maximum atomic E-state index is 9.82. The SMILES string of the molecule is COCCOc1cc2ncc3c(N)nc(N4CCC(O)C4)nc3c2cc1OC. The number of ether oxygens (including phenoxy) is 3. The number of hydrogen-bond acceptors (Lipinski definition) is 9. The first kappa shape index (κ1) is 18.5. The largest absolute Gasteiger partial charge is 0.493 e. The Balaban J connectivity index is 1.83. The van der Waals surface area contributed by atoms with Crippen LogP contribution in [0.3, 0.4) is 0 Å². The molecule has 2 aromatic heterocycles. The third kappa shape index (κ3) is 3.34. The Morgan fingerprint density at radius 2 is 2.04 bits per heavy atom. The maximum absolute atomic E-state index is 9.82. The molecule has 0 saturated carbocycles. The van der Waals surface area contributed by atoms with Crippen LogP contribution in [0.5, 0.6) is 11.5 Å². The number of nitrogens with two attached hydrogens (primary N) is 1. The standard InChI is InChI=1S/C19H23N5O4/c1-26-5-6-28-16-8-14-12(7-15(16)27-2)17-13(9-21-14)18(20)23-19(22-17)24-4-3-11(25)10-24/h7-9,11,25H,3-6,10H2,1-2H3,(H2,20,22,23). The molecule has 0 amide bonds. The zero-order chi connectivity index (χ0) is 19.7. The molecule has 1 unspecified atom stereocenters. The van der Waals surface area contributed by atoms with Crippen LogP contribution in [-0.4, -0.2) is 66.7 Å². The van der Waals surface area contributed by atoms with Crippen LogP contribution in [0.25, 0.3) is 21.8 Å². The average molecular weight is 385 g/mol. The van der Waals surface area contributed by atoms with E-state index in [0.29, 0.717) is 72.4 Å². The maximum Gasteiger partial charge on any atom is 0.227 e. The number of methoxy groups -OCH3 is 2. The van der Waals surface area contributed by atoms with Crippen molar-refractivity contribution in [2.75, 3.05) is 51.2 Å². The minimum atomic E-state index is -0.374. The molecule has 0 radical (unpaired) electrons. The summed E-state index contributed by atoms with van der Waals surface area (Å²) in [6.07, 6.45) is 1.98. The molecule has 3 heterocycles. The van der Waals surface area contributed by atoms with Crippen molar-refractivity contribution >= 4 is 33.6 Å². The molecule has 0 bridgehead atoms. The van der Waals surface area contributed by atoms with Gasteiger partial charge in [0, 0.05) is 37.8 Å². The predicted octanol–water partition coefficient (Wildman–Crippen LogP) is 1.36. The van der Waals surface area contributed by atoms with E-state index in [1.165, 1.54) is 0 Å². The molecule has 3 aromatic rings. The fourth-order valence-corrected chi connectivity index (χ4v) is 3.36. The number of rotatable bonds is 6. The Kier molecular flexibility index (Phi) is 5.01. The van der Waals surface area contributed by atoms with Crippen molar-refractivity contribution in [3.8, 4) is 11.5 Å². The molecule has 9 nitrogen and oxygen atoms in total. The summed E-state index contributed by atoms with van der Waals surface area (Å²) in [5.74, 6) is 2.03. The Hall–Kier alpha value is -2.91. The summed E-state index contributed by atoms with van der Waals surface area (Å²) in [5.41, 5.74) is 7.59. The third-order valence-electron chi connectivity index (χ3n) is 4.82. The molecule has 1 atom stereocenters. The van der Waals surface area contributed by atoms with Gasteiger partial charge in [-0.3, -0.25) is 4.98 Å². The molecule has 1 saturated heterocycles. The number of nitrogens with zero attached hydrogens (tertiary/aromatic N) is 4. The van der Waals surface area contributed by atoms with Crippen molar-refractivity contribution in [1.29, 1.82) is 0 Å². The first-order valence-corrected chi connectivity index (χ1v) is 9.09. The van der Waals surface area contributed by atoms with Crippen LogP contribution in [0, 0.1) is 0 Å².